The predicted octanol–water partition coefficient (Wildman–Crippen LogP) is 1.67. The minimum atomic E-state index is -0.0706. The molecule has 4 nitrogen and oxygen atoms in total. The molecule has 0 aromatic rings. The molecule has 0 aromatic heterocycles. The first kappa shape index (κ1) is 10.8. The molecule has 1 aliphatic rings. The van der Waals surface area contributed by atoms with Gasteiger partial charge >= 0.3 is 0 Å². The molecule has 60 valence electrons. The van der Waals surface area contributed by atoms with Crippen LogP contribution in [0.25, 0.3) is 0 Å². The van der Waals surface area contributed by atoms with Crippen LogP contribution < -0.4 is 0 Å². The van der Waals surface area contributed by atoms with E-state index in [4.69, 9.17) is 5.21 Å². The largest absolute Gasteiger partial charge is 0.597 e. The number of nitrogens with zero attached hydrogens (tertiary/aromatic N) is 2. The molecule has 1 saturated carbocycles. The van der Waals surface area contributed by atoms with Crippen molar-refractivity contribution in [3.8, 4) is 0 Å². The summed E-state index contributed by atoms with van der Waals surface area (Å²) in [5.41, 5.74) is 0. The van der Waals surface area contributed by atoms with Gasteiger partial charge in [0.25, 0.3) is 0 Å². The molecule has 1 fully saturated rings. The summed E-state index contributed by atoms with van der Waals surface area (Å²) < 4.78 is 0. The first-order valence-corrected chi connectivity index (χ1v) is 3.66. The number of rotatable bonds is 1. The molecule has 0 heterocycles. The Morgan fingerprint density at radius 1 is 1.27 bits per heavy atom. The molecule has 0 aliphatic heterocycles. The molecule has 0 spiro atoms. The Labute approximate surface area is 78.6 Å². The Bertz CT molecular complexity index is 135. The van der Waals surface area contributed by atoms with E-state index >= 15 is 0 Å². The summed E-state index contributed by atoms with van der Waals surface area (Å²) in [6.45, 7) is 0. The molecule has 1 N–H and O–H groups in total. The Hall–Kier alpha value is -0.177. The number of hydroxylamine groups is 1. The molecular formula is C6H12N2O2Zn. The van der Waals surface area contributed by atoms with Crippen LogP contribution in [-0.2, 0) is 19.5 Å². The quantitative estimate of drug-likeness (QED) is 0.309. The van der Waals surface area contributed by atoms with Crippen molar-refractivity contribution in [3.63, 3.8) is 0 Å². The summed E-state index contributed by atoms with van der Waals surface area (Å²) in [4.78, 5) is 0.416. The maximum Gasteiger partial charge on any atom is 0.197 e. The minimum absolute atomic E-state index is 0. The van der Waals surface area contributed by atoms with Crippen molar-refractivity contribution in [2.75, 3.05) is 0 Å². The summed E-state index contributed by atoms with van der Waals surface area (Å²) in [6.07, 6.45) is 5.11. The van der Waals surface area contributed by atoms with Crippen LogP contribution in [-0.4, -0.2) is 16.1 Å². The maximum absolute atomic E-state index is 10.7. The summed E-state index contributed by atoms with van der Waals surface area (Å²) >= 11 is 0. The van der Waals surface area contributed by atoms with Gasteiger partial charge in [-0.3, -0.25) is 0 Å². The Morgan fingerprint density at radius 3 is 2.27 bits per heavy atom. The van der Waals surface area contributed by atoms with Crippen molar-refractivity contribution in [2.24, 2.45) is 5.28 Å². The van der Waals surface area contributed by atoms with Crippen LogP contribution in [0.4, 0.5) is 0 Å². The molecule has 0 saturated heterocycles. The van der Waals surface area contributed by atoms with Crippen molar-refractivity contribution < 1.29 is 29.5 Å². The average Bonchev–Trinajstić information content (AvgIpc) is 2.05. The maximum atomic E-state index is 10.7. The van der Waals surface area contributed by atoms with Gasteiger partial charge < -0.3 is 10.4 Å². The third kappa shape index (κ3) is 3.15. The second-order valence-corrected chi connectivity index (χ2v) is 2.68. The third-order valence-electron chi connectivity index (χ3n) is 1.98. The zero-order valence-electron chi connectivity index (χ0n) is 6.57. The van der Waals surface area contributed by atoms with E-state index in [2.05, 4.69) is 5.28 Å². The van der Waals surface area contributed by atoms with Gasteiger partial charge in [0.2, 0.25) is 0 Å². The first-order chi connectivity index (χ1) is 4.84. The topological polar surface area (TPSA) is 58.7 Å². The molecule has 0 atom stereocenters. The zero-order valence-corrected chi connectivity index (χ0v) is 9.54. The van der Waals surface area contributed by atoms with Crippen LogP contribution in [0.15, 0.2) is 5.28 Å². The van der Waals surface area contributed by atoms with E-state index < -0.39 is 0 Å². The van der Waals surface area contributed by atoms with Crippen molar-refractivity contribution in [3.05, 3.63) is 5.21 Å². The first-order valence-electron chi connectivity index (χ1n) is 3.66. The van der Waals surface area contributed by atoms with Crippen molar-refractivity contribution >= 4 is 0 Å². The third-order valence-corrected chi connectivity index (χ3v) is 1.98. The fourth-order valence-electron chi connectivity index (χ4n) is 1.37. The van der Waals surface area contributed by atoms with Crippen molar-refractivity contribution in [2.45, 2.75) is 38.1 Å². The standard InChI is InChI=1S/C6H12N2O2.Zn/c9-7-8(10)6-4-2-1-3-5-6;/h6,9H,1-5H2;. The SMILES string of the molecule is [O-][N+](=NO)C1CCCCC1.[Zn]. The number of hydrogen-bond acceptors (Lipinski definition) is 2. The summed E-state index contributed by atoms with van der Waals surface area (Å²) in [7, 11) is 0. The van der Waals surface area contributed by atoms with E-state index in [1.165, 1.54) is 6.42 Å². The van der Waals surface area contributed by atoms with Gasteiger partial charge in [0, 0.05) is 32.3 Å². The zero-order chi connectivity index (χ0) is 7.40. The molecule has 0 radical (unpaired) electrons. The van der Waals surface area contributed by atoms with Gasteiger partial charge in [0.15, 0.2) is 11.3 Å². The van der Waals surface area contributed by atoms with Crippen LogP contribution in [0.3, 0.4) is 0 Å². The van der Waals surface area contributed by atoms with Crippen LogP contribution in [0.5, 0.6) is 0 Å². The van der Waals surface area contributed by atoms with Crippen LogP contribution >= 0.6 is 0 Å². The molecule has 1 aliphatic carbocycles. The molecule has 0 unspecified atom stereocenters. The van der Waals surface area contributed by atoms with Gasteiger partial charge in [-0.1, -0.05) is 11.3 Å². The molecule has 0 bridgehead atoms. The molecule has 5 heteroatoms. The molecule has 0 aromatic carbocycles. The van der Waals surface area contributed by atoms with Gasteiger partial charge in [-0.05, 0) is 12.8 Å². The number of hydrogen-bond donors (Lipinski definition) is 1. The van der Waals surface area contributed by atoms with Gasteiger partial charge in [0.1, 0.15) is 0 Å². The van der Waals surface area contributed by atoms with E-state index in [1.807, 2.05) is 0 Å². The van der Waals surface area contributed by atoms with E-state index in [0.29, 0.717) is 4.86 Å². The average molecular weight is 210 g/mol. The second kappa shape index (κ2) is 5.47. The van der Waals surface area contributed by atoms with Gasteiger partial charge in [-0.25, -0.2) is 0 Å². The summed E-state index contributed by atoms with van der Waals surface area (Å²) in [6, 6.07) is -0.0706. The van der Waals surface area contributed by atoms with Crippen LogP contribution in [0.2, 0.25) is 0 Å². The van der Waals surface area contributed by atoms with Crippen molar-refractivity contribution in [1.29, 1.82) is 0 Å². The Kier molecular flexibility index (Phi) is 5.38. The Morgan fingerprint density at radius 2 is 1.82 bits per heavy atom. The van der Waals surface area contributed by atoms with Gasteiger partial charge in [-0.15, -0.1) is 0 Å². The molecule has 11 heavy (non-hydrogen) atoms. The van der Waals surface area contributed by atoms with E-state index in [1.54, 1.807) is 0 Å². The molecule has 0 amide bonds. The molecule has 1 rings (SSSR count). The summed E-state index contributed by atoms with van der Waals surface area (Å²) in [5.74, 6) is 0. The second-order valence-electron chi connectivity index (χ2n) is 2.68. The van der Waals surface area contributed by atoms with E-state index in [-0.39, 0.29) is 25.5 Å². The van der Waals surface area contributed by atoms with Crippen LogP contribution in [0.1, 0.15) is 32.1 Å². The summed E-state index contributed by atoms with van der Waals surface area (Å²) in [5, 5.41) is 21.4. The predicted molar refractivity (Wildman–Crippen MR) is 34.7 cm³/mol. The normalized spacial score (nSPS) is 20.9. The molecular weight excluding hydrogens is 197 g/mol. The fraction of sp³-hybridized carbons (Fsp3) is 1.00. The van der Waals surface area contributed by atoms with Crippen molar-refractivity contribution in [1.82, 2.24) is 0 Å². The smallest absolute Gasteiger partial charge is 0.197 e. The van der Waals surface area contributed by atoms with Gasteiger partial charge in [0.05, 0.1) is 0 Å². The van der Waals surface area contributed by atoms with E-state index in [0.717, 1.165) is 25.7 Å². The van der Waals surface area contributed by atoms with Gasteiger partial charge in [-0.2, -0.15) is 0 Å². The van der Waals surface area contributed by atoms with Crippen LogP contribution in [0, 0.1) is 5.21 Å². The Balaban J connectivity index is 0.000001000. The fourth-order valence-corrected chi connectivity index (χ4v) is 1.37. The minimum Gasteiger partial charge on any atom is -0.597 e. The van der Waals surface area contributed by atoms with E-state index in [9.17, 15) is 5.21 Å². The monoisotopic (exact) mass is 208 g/mol.